The Bertz CT molecular complexity index is 1020. The summed E-state index contributed by atoms with van der Waals surface area (Å²) in [5.74, 6) is 0.787. The van der Waals surface area contributed by atoms with Gasteiger partial charge in [-0.2, -0.15) is 4.98 Å². The fraction of sp³-hybridized carbons (Fsp3) is 0.227. The predicted octanol–water partition coefficient (Wildman–Crippen LogP) is 4.52. The van der Waals surface area contributed by atoms with Crippen molar-refractivity contribution in [1.29, 1.82) is 0 Å². The van der Waals surface area contributed by atoms with Crippen LogP contribution in [-0.2, 0) is 0 Å². The number of hydrogen-bond donors (Lipinski definition) is 4. The smallest absolute Gasteiger partial charge is 0.319 e. The summed E-state index contributed by atoms with van der Waals surface area (Å²) >= 11 is 0. The van der Waals surface area contributed by atoms with E-state index < -0.39 is 6.03 Å². The molecule has 0 atom stereocenters. The summed E-state index contributed by atoms with van der Waals surface area (Å²) in [6, 6.07) is 14.0. The number of halogens is 1. The van der Waals surface area contributed by atoms with Gasteiger partial charge in [0.25, 0.3) is 0 Å². The number of urea groups is 1. The average molecular weight is 408 g/mol. The Hall–Kier alpha value is -3.68. The van der Waals surface area contributed by atoms with Gasteiger partial charge in [-0.25, -0.2) is 14.2 Å². The van der Waals surface area contributed by atoms with Gasteiger partial charge >= 0.3 is 6.03 Å². The number of aromatic nitrogens is 2. The van der Waals surface area contributed by atoms with Crippen LogP contribution in [-0.4, -0.2) is 29.1 Å². The summed E-state index contributed by atoms with van der Waals surface area (Å²) in [7, 11) is 0. The predicted molar refractivity (Wildman–Crippen MR) is 118 cm³/mol. The van der Waals surface area contributed by atoms with E-state index in [0.717, 1.165) is 11.4 Å². The van der Waals surface area contributed by atoms with Crippen molar-refractivity contribution in [3.8, 4) is 0 Å². The summed E-state index contributed by atoms with van der Waals surface area (Å²) in [6.45, 7) is 6.37. The highest BCUT2D eigenvalue weighted by molar-refractivity contribution is 5.89. The number of hydrogen-bond acceptors (Lipinski definition) is 5. The summed E-state index contributed by atoms with van der Waals surface area (Å²) in [4.78, 5) is 20.8. The maximum atomic E-state index is 13.5. The Labute approximate surface area is 175 Å². The second-order valence-electron chi connectivity index (χ2n) is 6.98. The van der Waals surface area contributed by atoms with Crippen molar-refractivity contribution in [2.75, 3.05) is 29.0 Å². The van der Waals surface area contributed by atoms with E-state index in [1.54, 1.807) is 19.1 Å². The van der Waals surface area contributed by atoms with Crippen molar-refractivity contribution in [2.24, 2.45) is 0 Å². The number of anilines is 4. The van der Waals surface area contributed by atoms with Crippen LogP contribution in [0.4, 0.5) is 32.3 Å². The third kappa shape index (κ3) is 6.16. The van der Waals surface area contributed by atoms with Crippen molar-refractivity contribution in [2.45, 2.75) is 20.8 Å². The summed E-state index contributed by atoms with van der Waals surface area (Å²) < 4.78 is 13.5. The molecule has 0 aliphatic carbocycles. The van der Waals surface area contributed by atoms with Crippen LogP contribution in [0.25, 0.3) is 0 Å². The fourth-order valence-electron chi connectivity index (χ4n) is 2.69. The molecule has 2 aromatic carbocycles. The molecule has 1 aromatic heterocycles. The number of amides is 2. The van der Waals surface area contributed by atoms with Crippen molar-refractivity contribution >= 4 is 29.2 Å². The molecule has 0 spiro atoms. The van der Waals surface area contributed by atoms with Gasteiger partial charge in [-0.15, -0.1) is 0 Å². The Morgan fingerprint density at radius 2 is 1.67 bits per heavy atom. The number of aryl methyl sites for hydroxylation is 3. The first-order chi connectivity index (χ1) is 14.4. The maximum absolute atomic E-state index is 13.5. The van der Waals surface area contributed by atoms with Crippen LogP contribution in [0.1, 0.15) is 16.8 Å². The first kappa shape index (κ1) is 21.0. The van der Waals surface area contributed by atoms with Gasteiger partial charge in [0.15, 0.2) is 0 Å². The van der Waals surface area contributed by atoms with Gasteiger partial charge in [0.2, 0.25) is 5.95 Å². The number of carbonyl (C=O) groups excluding carboxylic acids is 1. The molecule has 0 saturated heterocycles. The summed E-state index contributed by atoms with van der Waals surface area (Å²) in [5, 5.41) is 11.6. The van der Waals surface area contributed by atoms with E-state index in [-0.39, 0.29) is 5.82 Å². The lowest BCUT2D eigenvalue weighted by atomic mass is 10.2. The first-order valence-corrected chi connectivity index (χ1v) is 9.63. The molecular formula is C22H25FN6O. The van der Waals surface area contributed by atoms with Crippen LogP contribution in [0, 0.1) is 26.6 Å². The van der Waals surface area contributed by atoms with Crippen LogP contribution in [0.5, 0.6) is 0 Å². The van der Waals surface area contributed by atoms with Crippen LogP contribution in [0.3, 0.4) is 0 Å². The Balaban J connectivity index is 1.48. The van der Waals surface area contributed by atoms with E-state index in [2.05, 4.69) is 31.2 Å². The van der Waals surface area contributed by atoms with Crippen molar-refractivity contribution in [3.05, 3.63) is 71.2 Å². The first-order valence-electron chi connectivity index (χ1n) is 9.63. The summed E-state index contributed by atoms with van der Waals surface area (Å²) in [6.07, 6.45) is 0. The highest BCUT2D eigenvalue weighted by Gasteiger charge is 2.05. The highest BCUT2D eigenvalue weighted by Crippen LogP contribution is 2.17. The standard InChI is InChI=1S/C22H25FN6O/c1-14-4-7-17(8-5-14)27-20-12-16(3)26-21(29-20)24-10-11-25-22(30)28-18-9-6-15(2)19(23)13-18/h4-9,12-13H,10-11H2,1-3H3,(H2,25,28,30)(H2,24,26,27,29). The summed E-state index contributed by atoms with van der Waals surface area (Å²) in [5.41, 5.74) is 3.87. The topological polar surface area (TPSA) is 91.0 Å². The highest BCUT2D eigenvalue weighted by atomic mass is 19.1. The van der Waals surface area contributed by atoms with E-state index in [1.807, 2.05) is 44.2 Å². The number of nitrogens with one attached hydrogen (secondary N) is 4. The second-order valence-corrected chi connectivity index (χ2v) is 6.98. The largest absolute Gasteiger partial charge is 0.352 e. The minimum Gasteiger partial charge on any atom is -0.352 e. The average Bonchev–Trinajstić information content (AvgIpc) is 2.69. The zero-order valence-corrected chi connectivity index (χ0v) is 17.2. The van der Waals surface area contributed by atoms with Gasteiger partial charge < -0.3 is 21.3 Å². The molecule has 4 N–H and O–H groups in total. The van der Waals surface area contributed by atoms with Gasteiger partial charge in [0.1, 0.15) is 11.6 Å². The van der Waals surface area contributed by atoms with E-state index in [9.17, 15) is 9.18 Å². The molecule has 0 aliphatic rings. The van der Waals surface area contributed by atoms with Crippen molar-refractivity contribution in [1.82, 2.24) is 15.3 Å². The zero-order chi connectivity index (χ0) is 21.5. The van der Waals surface area contributed by atoms with Gasteiger partial charge in [-0.1, -0.05) is 23.8 Å². The number of rotatable bonds is 7. The van der Waals surface area contributed by atoms with Crippen molar-refractivity contribution in [3.63, 3.8) is 0 Å². The molecule has 0 saturated carbocycles. The molecule has 3 aromatic rings. The van der Waals surface area contributed by atoms with Crippen molar-refractivity contribution < 1.29 is 9.18 Å². The third-order valence-electron chi connectivity index (χ3n) is 4.30. The molecule has 2 amide bonds. The lowest BCUT2D eigenvalue weighted by molar-refractivity contribution is 0.252. The SMILES string of the molecule is Cc1ccc(Nc2cc(C)nc(NCCNC(=O)Nc3ccc(C)c(F)c3)n2)cc1. The molecule has 0 fully saturated rings. The van der Waals surface area contributed by atoms with Crippen LogP contribution in [0.15, 0.2) is 48.5 Å². The lowest BCUT2D eigenvalue weighted by Gasteiger charge is -2.11. The van der Waals surface area contributed by atoms with E-state index in [1.165, 1.54) is 11.6 Å². The zero-order valence-electron chi connectivity index (χ0n) is 17.2. The lowest BCUT2D eigenvalue weighted by Crippen LogP contribution is -2.32. The minimum absolute atomic E-state index is 0.345. The van der Waals surface area contributed by atoms with Crippen LogP contribution < -0.4 is 21.3 Å². The molecule has 0 aliphatic heterocycles. The molecule has 1 heterocycles. The molecule has 0 radical (unpaired) electrons. The third-order valence-corrected chi connectivity index (χ3v) is 4.30. The monoisotopic (exact) mass is 408 g/mol. The Morgan fingerprint density at radius 3 is 2.40 bits per heavy atom. The van der Waals surface area contributed by atoms with E-state index >= 15 is 0 Å². The maximum Gasteiger partial charge on any atom is 0.319 e. The molecule has 156 valence electrons. The van der Waals surface area contributed by atoms with Gasteiger partial charge in [-0.3, -0.25) is 0 Å². The van der Waals surface area contributed by atoms with E-state index in [4.69, 9.17) is 0 Å². The number of nitrogens with zero attached hydrogens (tertiary/aromatic N) is 2. The molecule has 0 unspecified atom stereocenters. The molecule has 0 bridgehead atoms. The fourth-order valence-corrected chi connectivity index (χ4v) is 2.69. The van der Waals surface area contributed by atoms with Gasteiger partial charge in [0, 0.05) is 36.2 Å². The van der Waals surface area contributed by atoms with E-state index in [0.29, 0.717) is 36.1 Å². The molecular weight excluding hydrogens is 383 g/mol. The number of benzene rings is 2. The molecule has 3 rings (SSSR count). The second kappa shape index (κ2) is 9.69. The Kier molecular flexibility index (Phi) is 6.79. The minimum atomic E-state index is -0.410. The molecule has 7 nitrogen and oxygen atoms in total. The quantitative estimate of drug-likeness (QED) is 0.432. The normalized spacial score (nSPS) is 10.4. The van der Waals surface area contributed by atoms with Crippen LogP contribution >= 0.6 is 0 Å². The van der Waals surface area contributed by atoms with Gasteiger partial charge in [0.05, 0.1) is 0 Å². The number of carbonyl (C=O) groups is 1. The van der Waals surface area contributed by atoms with Crippen LogP contribution in [0.2, 0.25) is 0 Å². The van der Waals surface area contributed by atoms with Gasteiger partial charge in [-0.05, 0) is 50.6 Å². The molecule has 8 heteroatoms. The Morgan fingerprint density at radius 1 is 0.933 bits per heavy atom. The molecule has 30 heavy (non-hydrogen) atoms.